The Kier molecular flexibility index (Phi) is 2.66. The maximum Gasteiger partial charge on any atom is 0.122 e. The fourth-order valence-corrected chi connectivity index (χ4v) is 1.66. The van der Waals surface area contributed by atoms with E-state index in [1.54, 1.807) is 0 Å². The monoisotopic (exact) mass is 156 g/mol. The van der Waals surface area contributed by atoms with E-state index in [2.05, 4.69) is 6.92 Å². The van der Waals surface area contributed by atoms with Gasteiger partial charge in [0.1, 0.15) is 6.29 Å². The lowest BCUT2D eigenvalue weighted by Gasteiger charge is -2.33. The number of carbonyl (C=O) groups excluding carboxylic acids is 1. The zero-order chi connectivity index (χ0) is 8.32. The van der Waals surface area contributed by atoms with Gasteiger partial charge in [0.2, 0.25) is 0 Å². The summed E-state index contributed by atoms with van der Waals surface area (Å²) in [6, 6.07) is 0. The minimum absolute atomic E-state index is 0.319. The normalized spacial score (nSPS) is 38.5. The van der Waals surface area contributed by atoms with Crippen LogP contribution in [-0.4, -0.2) is 17.0 Å². The van der Waals surface area contributed by atoms with Gasteiger partial charge in [0.15, 0.2) is 0 Å². The van der Waals surface area contributed by atoms with Crippen molar-refractivity contribution in [3.05, 3.63) is 0 Å². The topological polar surface area (TPSA) is 37.3 Å². The average Bonchev–Trinajstić information content (AvgIpc) is 1.97. The van der Waals surface area contributed by atoms with Crippen LogP contribution in [0.2, 0.25) is 0 Å². The molecule has 2 heteroatoms. The number of rotatable bonds is 2. The van der Waals surface area contributed by atoms with Crippen molar-refractivity contribution in [2.75, 3.05) is 0 Å². The Morgan fingerprint density at radius 3 is 2.55 bits per heavy atom. The molecule has 0 radical (unpaired) electrons. The van der Waals surface area contributed by atoms with Crippen LogP contribution in [0, 0.1) is 5.92 Å². The summed E-state index contributed by atoms with van der Waals surface area (Å²) >= 11 is 0. The van der Waals surface area contributed by atoms with E-state index in [0.717, 1.165) is 37.9 Å². The average molecular weight is 156 g/mol. The summed E-state index contributed by atoms with van der Waals surface area (Å²) < 4.78 is 0. The Balaban J connectivity index is 2.41. The maximum atomic E-state index is 10.2. The van der Waals surface area contributed by atoms with Gasteiger partial charge in [-0.15, -0.1) is 0 Å². The second-order valence-corrected chi connectivity index (χ2v) is 3.78. The summed E-state index contributed by atoms with van der Waals surface area (Å²) in [6.07, 6.45) is 4.87. The molecule has 1 aliphatic carbocycles. The van der Waals surface area contributed by atoms with Gasteiger partial charge in [-0.2, -0.15) is 0 Å². The van der Waals surface area contributed by atoms with E-state index in [4.69, 9.17) is 0 Å². The predicted octanol–water partition coefficient (Wildman–Crippen LogP) is 1.52. The van der Waals surface area contributed by atoms with Crippen molar-refractivity contribution in [2.45, 2.75) is 44.6 Å². The molecule has 1 rings (SSSR count). The fourth-order valence-electron chi connectivity index (χ4n) is 1.66. The first-order chi connectivity index (χ1) is 5.16. The molecule has 0 spiro atoms. The third-order valence-corrected chi connectivity index (χ3v) is 2.67. The van der Waals surface area contributed by atoms with Crippen molar-refractivity contribution in [3.63, 3.8) is 0 Å². The van der Waals surface area contributed by atoms with Crippen LogP contribution < -0.4 is 0 Å². The van der Waals surface area contributed by atoms with Crippen molar-refractivity contribution < 1.29 is 9.90 Å². The molecule has 1 aliphatic rings. The molecular formula is C9H16O2. The number of hydrogen-bond acceptors (Lipinski definition) is 2. The van der Waals surface area contributed by atoms with Crippen molar-refractivity contribution in [1.29, 1.82) is 0 Å². The van der Waals surface area contributed by atoms with Crippen LogP contribution in [0.1, 0.15) is 39.0 Å². The molecule has 2 nitrogen and oxygen atoms in total. The first-order valence-electron chi connectivity index (χ1n) is 4.32. The van der Waals surface area contributed by atoms with Gasteiger partial charge in [0, 0.05) is 6.42 Å². The molecular weight excluding hydrogens is 140 g/mol. The molecule has 0 aliphatic heterocycles. The standard InChI is InChI=1S/C9H16O2/c1-8-2-4-9(11,5-3-8)6-7-10/h7-8,11H,2-6H2,1H3. The van der Waals surface area contributed by atoms with Crippen LogP contribution in [0.4, 0.5) is 0 Å². The van der Waals surface area contributed by atoms with Crippen LogP contribution in [0.5, 0.6) is 0 Å². The maximum absolute atomic E-state index is 10.2. The molecule has 1 N–H and O–H groups in total. The zero-order valence-corrected chi connectivity index (χ0v) is 7.05. The largest absolute Gasteiger partial charge is 0.389 e. The van der Waals surface area contributed by atoms with Gasteiger partial charge in [0.25, 0.3) is 0 Å². The third kappa shape index (κ3) is 2.29. The first-order valence-corrected chi connectivity index (χ1v) is 4.32. The third-order valence-electron chi connectivity index (χ3n) is 2.67. The predicted molar refractivity (Wildman–Crippen MR) is 43.3 cm³/mol. The highest BCUT2D eigenvalue weighted by Crippen LogP contribution is 2.33. The van der Waals surface area contributed by atoms with Crippen LogP contribution >= 0.6 is 0 Å². The van der Waals surface area contributed by atoms with Gasteiger partial charge >= 0.3 is 0 Å². The molecule has 0 atom stereocenters. The Hall–Kier alpha value is -0.370. The van der Waals surface area contributed by atoms with Crippen molar-refractivity contribution >= 4 is 6.29 Å². The zero-order valence-electron chi connectivity index (χ0n) is 7.05. The molecule has 0 aromatic rings. The lowest BCUT2D eigenvalue weighted by Crippen LogP contribution is -2.33. The van der Waals surface area contributed by atoms with Crippen molar-refractivity contribution in [1.82, 2.24) is 0 Å². The summed E-state index contributed by atoms with van der Waals surface area (Å²) in [5.74, 6) is 0.724. The smallest absolute Gasteiger partial charge is 0.122 e. The van der Waals surface area contributed by atoms with Gasteiger partial charge in [-0.1, -0.05) is 6.92 Å². The minimum atomic E-state index is -0.658. The molecule has 0 saturated heterocycles. The van der Waals surface area contributed by atoms with E-state index in [-0.39, 0.29) is 0 Å². The highest BCUT2D eigenvalue weighted by Gasteiger charge is 2.30. The quantitative estimate of drug-likeness (QED) is 0.615. The molecule has 0 aromatic carbocycles. The van der Waals surface area contributed by atoms with E-state index in [1.165, 1.54) is 0 Å². The SMILES string of the molecule is CC1CCC(O)(CC=O)CC1. The van der Waals surface area contributed by atoms with Gasteiger partial charge in [-0.05, 0) is 31.6 Å². The molecule has 0 bridgehead atoms. The summed E-state index contributed by atoms with van der Waals surface area (Å²) in [7, 11) is 0. The molecule has 0 amide bonds. The fraction of sp³-hybridized carbons (Fsp3) is 0.889. The number of carbonyl (C=O) groups is 1. The van der Waals surface area contributed by atoms with E-state index in [9.17, 15) is 9.90 Å². The highest BCUT2D eigenvalue weighted by molar-refractivity contribution is 5.51. The number of hydrogen-bond donors (Lipinski definition) is 1. The van der Waals surface area contributed by atoms with Crippen molar-refractivity contribution in [3.8, 4) is 0 Å². The van der Waals surface area contributed by atoms with Crippen LogP contribution in [0.25, 0.3) is 0 Å². The molecule has 0 aromatic heterocycles. The Bertz CT molecular complexity index is 134. The first kappa shape index (κ1) is 8.72. The van der Waals surface area contributed by atoms with Gasteiger partial charge < -0.3 is 9.90 Å². The van der Waals surface area contributed by atoms with E-state index in [1.807, 2.05) is 0 Å². The van der Waals surface area contributed by atoms with Crippen molar-refractivity contribution in [2.24, 2.45) is 5.92 Å². The molecule has 1 saturated carbocycles. The van der Waals surface area contributed by atoms with Gasteiger partial charge in [0.05, 0.1) is 5.60 Å². The molecule has 0 unspecified atom stereocenters. The molecule has 11 heavy (non-hydrogen) atoms. The Labute approximate surface area is 67.6 Å². The van der Waals surface area contributed by atoms with E-state index < -0.39 is 5.60 Å². The lowest BCUT2D eigenvalue weighted by molar-refractivity contribution is -0.114. The van der Waals surface area contributed by atoms with Crippen LogP contribution in [-0.2, 0) is 4.79 Å². The summed E-state index contributed by atoms with van der Waals surface area (Å²) in [5, 5.41) is 9.76. The molecule has 64 valence electrons. The van der Waals surface area contributed by atoms with E-state index in [0.29, 0.717) is 6.42 Å². The molecule has 0 heterocycles. The molecule has 1 fully saturated rings. The lowest BCUT2D eigenvalue weighted by atomic mass is 9.78. The second kappa shape index (κ2) is 3.35. The summed E-state index contributed by atoms with van der Waals surface area (Å²) in [5.41, 5.74) is -0.658. The van der Waals surface area contributed by atoms with Gasteiger partial charge in [-0.3, -0.25) is 0 Å². The van der Waals surface area contributed by atoms with Crippen LogP contribution in [0.3, 0.4) is 0 Å². The van der Waals surface area contributed by atoms with Crippen LogP contribution in [0.15, 0.2) is 0 Å². The van der Waals surface area contributed by atoms with E-state index >= 15 is 0 Å². The number of aliphatic hydroxyl groups is 1. The van der Waals surface area contributed by atoms with Gasteiger partial charge in [-0.25, -0.2) is 0 Å². The Morgan fingerprint density at radius 2 is 2.09 bits per heavy atom. The minimum Gasteiger partial charge on any atom is -0.389 e. The number of aldehydes is 1. The summed E-state index contributed by atoms with van der Waals surface area (Å²) in [4.78, 5) is 10.2. The Morgan fingerprint density at radius 1 is 1.55 bits per heavy atom. The highest BCUT2D eigenvalue weighted by atomic mass is 16.3. The summed E-state index contributed by atoms with van der Waals surface area (Å²) in [6.45, 7) is 2.19. The second-order valence-electron chi connectivity index (χ2n) is 3.78.